The van der Waals surface area contributed by atoms with Crippen LogP contribution < -0.4 is 0 Å². The third kappa shape index (κ3) is 3.18. The van der Waals surface area contributed by atoms with Crippen LogP contribution in [0.3, 0.4) is 0 Å². The fraction of sp³-hybridized carbons (Fsp3) is 0.588. The Morgan fingerprint density at radius 3 is 2.56 bits per heavy atom. The molecule has 2 aliphatic heterocycles. The topological polar surface area (TPSA) is 66.9 Å². The van der Waals surface area contributed by atoms with E-state index in [2.05, 4.69) is 0 Å². The summed E-state index contributed by atoms with van der Waals surface area (Å²) in [5.41, 5.74) is -0.621. The third-order valence-electron chi connectivity index (χ3n) is 5.04. The van der Waals surface area contributed by atoms with E-state index in [9.17, 15) is 17.6 Å². The zero-order chi connectivity index (χ0) is 18.2. The second kappa shape index (κ2) is 6.66. The maximum atomic E-state index is 13.5. The number of benzene rings is 1. The van der Waals surface area contributed by atoms with Gasteiger partial charge in [-0.2, -0.15) is 4.31 Å². The average Bonchev–Trinajstić information content (AvgIpc) is 3.01. The van der Waals surface area contributed by atoms with Gasteiger partial charge >= 0.3 is 0 Å². The van der Waals surface area contributed by atoms with Crippen LogP contribution in [0.15, 0.2) is 23.1 Å². The Morgan fingerprint density at radius 2 is 1.96 bits per heavy atom. The number of likely N-dealkylation sites (tertiary alicyclic amines) is 1. The second-order valence-electron chi connectivity index (χ2n) is 6.52. The van der Waals surface area contributed by atoms with Crippen molar-refractivity contribution in [2.24, 2.45) is 0 Å². The van der Waals surface area contributed by atoms with Crippen molar-refractivity contribution in [2.75, 3.05) is 26.2 Å². The third-order valence-corrected chi connectivity index (χ3v) is 6.98. The Morgan fingerprint density at radius 1 is 1.28 bits per heavy atom. The Labute approximate surface area is 147 Å². The Kier molecular flexibility index (Phi) is 4.87. The zero-order valence-corrected chi connectivity index (χ0v) is 15.3. The van der Waals surface area contributed by atoms with E-state index in [1.165, 1.54) is 22.5 Å². The summed E-state index contributed by atoms with van der Waals surface area (Å²) in [6, 6.07) is 3.82. The molecule has 8 heteroatoms. The molecule has 1 aromatic rings. The van der Waals surface area contributed by atoms with Gasteiger partial charge in [0.05, 0.1) is 11.5 Å². The number of piperidine rings is 1. The highest BCUT2D eigenvalue weighted by Crippen LogP contribution is 2.38. The monoisotopic (exact) mass is 370 g/mol. The van der Waals surface area contributed by atoms with Crippen LogP contribution in [-0.4, -0.2) is 55.5 Å². The van der Waals surface area contributed by atoms with Gasteiger partial charge in [0.2, 0.25) is 15.9 Å². The van der Waals surface area contributed by atoms with Gasteiger partial charge in [-0.1, -0.05) is 6.92 Å². The lowest BCUT2D eigenvalue weighted by atomic mass is 10.0. The molecule has 0 bridgehead atoms. The standard InChI is InChI=1S/C17H23FN2O4S/c1-3-16(21)19-8-6-17(7-9-19)20(10-11-24-17)25(22,23)14-4-5-15(18)13(2)12-14/h4-5,12H,3,6-11H2,1-2H3. The molecular formula is C17H23FN2O4S. The van der Waals surface area contributed by atoms with Crippen molar-refractivity contribution >= 4 is 15.9 Å². The molecule has 3 rings (SSSR count). The Balaban J connectivity index is 1.86. The molecule has 2 aliphatic rings. The first-order chi connectivity index (χ1) is 11.8. The summed E-state index contributed by atoms with van der Waals surface area (Å²) in [7, 11) is -3.79. The van der Waals surface area contributed by atoms with Gasteiger partial charge in [0, 0.05) is 38.9 Å². The van der Waals surface area contributed by atoms with E-state index in [1.54, 1.807) is 11.8 Å². The second-order valence-corrected chi connectivity index (χ2v) is 8.38. The fourth-order valence-electron chi connectivity index (χ4n) is 3.56. The van der Waals surface area contributed by atoms with E-state index in [4.69, 9.17) is 4.74 Å². The minimum Gasteiger partial charge on any atom is -0.358 e. The number of hydrogen-bond donors (Lipinski definition) is 0. The first-order valence-corrected chi connectivity index (χ1v) is 9.95. The van der Waals surface area contributed by atoms with E-state index in [0.717, 1.165) is 0 Å². The SMILES string of the molecule is CCC(=O)N1CCC2(CC1)OCCN2S(=O)(=O)c1ccc(F)c(C)c1. The lowest BCUT2D eigenvalue weighted by molar-refractivity contribution is -0.139. The number of rotatable bonds is 3. The molecule has 0 aliphatic carbocycles. The van der Waals surface area contributed by atoms with Crippen LogP contribution in [0.2, 0.25) is 0 Å². The maximum absolute atomic E-state index is 13.5. The van der Waals surface area contributed by atoms with E-state index >= 15 is 0 Å². The molecule has 0 unspecified atom stereocenters. The van der Waals surface area contributed by atoms with E-state index in [1.807, 2.05) is 6.92 Å². The molecular weight excluding hydrogens is 347 g/mol. The van der Waals surface area contributed by atoms with Crippen molar-refractivity contribution in [3.63, 3.8) is 0 Å². The zero-order valence-electron chi connectivity index (χ0n) is 14.5. The number of aryl methyl sites for hydroxylation is 1. The van der Waals surface area contributed by atoms with Gasteiger partial charge in [0.25, 0.3) is 0 Å². The number of halogens is 1. The summed E-state index contributed by atoms with van der Waals surface area (Å²) in [6.45, 7) is 4.88. The Hall–Kier alpha value is -1.51. The minimum atomic E-state index is -3.79. The van der Waals surface area contributed by atoms with Crippen LogP contribution in [0.4, 0.5) is 4.39 Å². The molecule has 1 spiro atoms. The number of hydrogen-bond acceptors (Lipinski definition) is 4. The van der Waals surface area contributed by atoms with E-state index in [-0.39, 0.29) is 17.3 Å². The predicted molar refractivity (Wildman–Crippen MR) is 89.8 cm³/mol. The number of carbonyl (C=O) groups is 1. The molecule has 0 aromatic heterocycles. The highest BCUT2D eigenvalue weighted by Gasteiger charge is 2.50. The lowest BCUT2D eigenvalue weighted by Crippen LogP contribution is -2.55. The molecule has 0 N–H and O–H groups in total. The first kappa shape index (κ1) is 18.3. The molecule has 2 heterocycles. The molecule has 1 aromatic carbocycles. The van der Waals surface area contributed by atoms with Crippen LogP contribution >= 0.6 is 0 Å². The summed E-state index contributed by atoms with van der Waals surface area (Å²) in [4.78, 5) is 13.7. The van der Waals surface area contributed by atoms with Gasteiger partial charge in [-0.3, -0.25) is 4.79 Å². The van der Waals surface area contributed by atoms with Crippen LogP contribution in [0.1, 0.15) is 31.7 Å². The molecule has 1 amide bonds. The van der Waals surface area contributed by atoms with E-state index < -0.39 is 21.6 Å². The number of carbonyl (C=O) groups excluding carboxylic acids is 1. The largest absolute Gasteiger partial charge is 0.358 e. The van der Waals surface area contributed by atoms with Crippen LogP contribution in [0.25, 0.3) is 0 Å². The van der Waals surface area contributed by atoms with Crippen LogP contribution in [-0.2, 0) is 19.6 Å². The van der Waals surface area contributed by atoms with Crippen molar-refractivity contribution in [1.29, 1.82) is 0 Å². The van der Waals surface area contributed by atoms with Crippen LogP contribution in [0, 0.1) is 12.7 Å². The van der Waals surface area contributed by atoms with Crippen molar-refractivity contribution in [1.82, 2.24) is 9.21 Å². The average molecular weight is 370 g/mol. The Bertz CT molecular complexity index is 773. The van der Waals surface area contributed by atoms with Crippen molar-refractivity contribution in [2.45, 2.75) is 43.7 Å². The van der Waals surface area contributed by atoms with Crippen molar-refractivity contribution in [3.05, 3.63) is 29.6 Å². The molecule has 25 heavy (non-hydrogen) atoms. The molecule has 0 atom stereocenters. The number of nitrogens with zero attached hydrogens (tertiary/aromatic N) is 2. The van der Waals surface area contributed by atoms with Gasteiger partial charge in [-0.05, 0) is 30.7 Å². The summed E-state index contributed by atoms with van der Waals surface area (Å²) in [5, 5.41) is 0. The van der Waals surface area contributed by atoms with Gasteiger partial charge in [-0.15, -0.1) is 0 Å². The van der Waals surface area contributed by atoms with Gasteiger partial charge in [-0.25, -0.2) is 12.8 Å². The quantitative estimate of drug-likeness (QED) is 0.815. The molecule has 6 nitrogen and oxygen atoms in total. The predicted octanol–water partition coefficient (Wildman–Crippen LogP) is 1.88. The summed E-state index contributed by atoms with van der Waals surface area (Å²) in [6.07, 6.45) is 1.32. The highest BCUT2D eigenvalue weighted by molar-refractivity contribution is 7.89. The molecule has 2 fully saturated rings. The molecule has 2 saturated heterocycles. The van der Waals surface area contributed by atoms with Crippen molar-refractivity contribution < 1.29 is 22.3 Å². The van der Waals surface area contributed by atoms with Crippen molar-refractivity contribution in [3.8, 4) is 0 Å². The van der Waals surface area contributed by atoms with Gasteiger partial charge in [0.15, 0.2) is 0 Å². The first-order valence-electron chi connectivity index (χ1n) is 8.51. The summed E-state index contributed by atoms with van der Waals surface area (Å²) in [5.74, 6) is -0.367. The minimum absolute atomic E-state index is 0.0661. The highest BCUT2D eigenvalue weighted by atomic mass is 32.2. The maximum Gasteiger partial charge on any atom is 0.245 e. The van der Waals surface area contributed by atoms with Gasteiger partial charge in [0.1, 0.15) is 11.5 Å². The van der Waals surface area contributed by atoms with E-state index in [0.29, 0.717) is 44.5 Å². The molecule has 0 saturated carbocycles. The molecule has 0 radical (unpaired) electrons. The number of ether oxygens (including phenoxy) is 1. The van der Waals surface area contributed by atoms with Crippen LogP contribution in [0.5, 0.6) is 0 Å². The van der Waals surface area contributed by atoms with Gasteiger partial charge < -0.3 is 9.64 Å². The summed E-state index contributed by atoms with van der Waals surface area (Å²) < 4.78 is 46.9. The number of sulfonamides is 1. The normalized spacial score (nSPS) is 21.0. The summed E-state index contributed by atoms with van der Waals surface area (Å²) >= 11 is 0. The fourth-order valence-corrected chi connectivity index (χ4v) is 5.37. The molecule has 138 valence electrons. The lowest BCUT2D eigenvalue weighted by Gasteiger charge is -2.42. The smallest absolute Gasteiger partial charge is 0.245 e. The number of amides is 1.